The summed E-state index contributed by atoms with van der Waals surface area (Å²) in [5.41, 5.74) is 5.83. The number of aryl methyl sites for hydroxylation is 1. The Balaban J connectivity index is 1.30. The highest BCUT2D eigenvalue weighted by molar-refractivity contribution is 6.07. The van der Waals surface area contributed by atoms with Crippen LogP contribution in [0.4, 0.5) is 0 Å². The van der Waals surface area contributed by atoms with Crippen LogP contribution in [-0.4, -0.2) is 38.7 Å². The molecule has 5 heteroatoms. The molecule has 0 atom stereocenters. The van der Waals surface area contributed by atoms with Crippen LogP contribution < -0.4 is 0 Å². The fourth-order valence-electron chi connectivity index (χ4n) is 5.27. The first-order chi connectivity index (χ1) is 16.7. The SMILES string of the molecule is Cc1nn(-c2ccccc2)c2nc(C3CC3)cc(C(=O)N3CCC(Cc4ccccc4)CC3)c12. The lowest BCUT2D eigenvalue weighted by Gasteiger charge is -2.32. The molecule has 1 saturated carbocycles. The van der Waals surface area contributed by atoms with E-state index in [4.69, 9.17) is 10.1 Å². The molecule has 1 saturated heterocycles. The molecule has 2 aromatic heterocycles. The van der Waals surface area contributed by atoms with Gasteiger partial charge >= 0.3 is 0 Å². The predicted molar refractivity (Wildman–Crippen MR) is 134 cm³/mol. The Hall–Kier alpha value is -3.47. The summed E-state index contributed by atoms with van der Waals surface area (Å²) in [6.07, 6.45) is 5.49. The maximum Gasteiger partial charge on any atom is 0.254 e. The lowest BCUT2D eigenvalue weighted by molar-refractivity contribution is 0.0692. The first kappa shape index (κ1) is 21.1. The van der Waals surface area contributed by atoms with Crippen LogP contribution in [0.5, 0.6) is 0 Å². The number of hydrogen-bond donors (Lipinski definition) is 0. The molecule has 1 aliphatic heterocycles. The number of amides is 1. The van der Waals surface area contributed by atoms with Crippen LogP contribution in [0.15, 0.2) is 66.7 Å². The van der Waals surface area contributed by atoms with Gasteiger partial charge in [0.1, 0.15) is 0 Å². The molecule has 0 bridgehead atoms. The minimum atomic E-state index is 0.128. The monoisotopic (exact) mass is 450 g/mol. The third-order valence-corrected chi connectivity index (χ3v) is 7.33. The molecule has 0 spiro atoms. The number of carbonyl (C=O) groups is 1. The van der Waals surface area contributed by atoms with Crippen LogP contribution in [0.3, 0.4) is 0 Å². The summed E-state index contributed by atoms with van der Waals surface area (Å²) in [4.78, 5) is 20.9. The van der Waals surface area contributed by atoms with Gasteiger partial charge in [-0.3, -0.25) is 4.79 Å². The topological polar surface area (TPSA) is 51.0 Å². The van der Waals surface area contributed by atoms with Crippen molar-refractivity contribution >= 4 is 16.9 Å². The van der Waals surface area contributed by atoms with E-state index in [9.17, 15) is 4.79 Å². The number of aromatic nitrogens is 3. The molecule has 3 heterocycles. The number of fused-ring (bicyclic) bond motifs is 1. The number of carbonyl (C=O) groups excluding carboxylic acids is 1. The summed E-state index contributed by atoms with van der Waals surface area (Å²) in [6, 6.07) is 22.9. The fraction of sp³-hybridized carbons (Fsp3) is 0.345. The quantitative estimate of drug-likeness (QED) is 0.392. The number of hydrogen-bond acceptors (Lipinski definition) is 3. The minimum Gasteiger partial charge on any atom is -0.339 e. The van der Waals surface area contributed by atoms with Gasteiger partial charge in [-0.25, -0.2) is 9.67 Å². The summed E-state index contributed by atoms with van der Waals surface area (Å²) >= 11 is 0. The Kier molecular flexibility index (Phi) is 5.40. The van der Waals surface area contributed by atoms with Gasteiger partial charge in [0, 0.05) is 24.7 Å². The molecule has 4 aromatic rings. The number of nitrogens with zero attached hydrogens (tertiary/aromatic N) is 4. The summed E-state index contributed by atoms with van der Waals surface area (Å²) < 4.78 is 1.90. The Labute approximate surface area is 200 Å². The molecule has 2 aliphatic rings. The third kappa shape index (κ3) is 4.00. The summed E-state index contributed by atoms with van der Waals surface area (Å²) in [5, 5.41) is 5.70. The molecule has 0 N–H and O–H groups in total. The van der Waals surface area contributed by atoms with E-state index in [0.717, 1.165) is 78.9 Å². The van der Waals surface area contributed by atoms with E-state index in [1.807, 2.05) is 46.8 Å². The van der Waals surface area contributed by atoms with Crippen LogP contribution in [0.25, 0.3) is 16.7 Å². The second-order valence-electron chi connectivity index (χ2n) is 9.83. The fourth-order valence-corrected chi connectivity index (χ4v) is 5.27. The number of benzene rings is 2. The highest BCUT2D eigenvalue weighted by Gasteiger charge is 2.31. The Bertz CT molecular complexity index is 1320. The summed E-state index contributed by atoms with van der Waals surface area (Å²) in [5.74, 6) is 1.23. The van der Waals surface area contributed by atoms with Gasteiger partial charge in [-0.1, -0.05) is 48.5 Å². The Morgan fingerprint density at radius 1 is 0.941 bits per heavy atom. The van der Waals surface area contributed by atoms with Crippen molar-refractivity contribution in [1.29, 1.82) is 0 Å². The largest absolute Gasteiger partial charge is 0.339 e. The first-order valence-electron chi connectivity index (χ1n) is 12.5. The van der Waals surface area contributed by atoms with E-state index in [2.05, 4.69) is 36.4 Å². The van der Waals surface area contributed by atoms with Crippen molar-refractivity contribution in [2.75, 3.05) is 13.1 Å². The first-order valence-corrected chi connectivity index (χ1v) is 12.5. The number of likely N-dealkylation sites (tertiary alicyclic amines) is 1. The van der Waals surface area contributed by atoms with Gasteiger partial charge in [0.2, 0.25) is 0 Å². The number of piperidine rings is 1. The second kappa shape index (κ2) is 8.71. The van der Waals surface area contributed by atoms with Crippen molar-refractivity contribution in [2.45, 2.75) is 44.9 Å². The molecule has 5 nitrogen and oxygen atoms in total. The van der Waals surface area contributed by atoms with Crippen LogP contribution in [0.2, 0.25) is 0 Å². The van der Waals surface area contributed by atoms with Gasteiger partial charge in [0.05, 0.1) is 22.3 Å². The van der Waals surface area contributed by atoms with E-state index >= 15 is 0 Å². The zero-order chi connectivity index (χ0) is 23.1. The average molecular weight is 451 g/mol. The number of pyridine rings is 1. The lowest BCUT2D eigenvalue weighted by Crippen LogP contribution is -2.39. The molecular formula is C29H30N4O. The Morgan fingerprint density at radius 3 is 2.29 bits per heavy atom. The number of rotatable bonds is 5. The highest BCUT2D eigenvalue weighted by Crippen LogP contribution is 2.41. The lowest BCUT2D eigenvalue weighted by atomic mass is 9.90. The van der Waals surface area contributed by atoms with Gasteiger partial charge in [0.15, 0.2) is 5.65 Å². The van der Waals surface area contributed by atoms with E-state index in [1.165, 1.54) is 5.56 Å². The van der Waals surface area contributed by atoms with Gasteiger partial charge in [0.25, 0.3) is 5.91 Å². The maximum absolute atomic E-state index is 13.8. The maximum atomic E-state index is 13.8. The predicted octanol–water partition coefficient (Wildman–Crippen LogP) is 5.70. The smallest absolute Gasteiger partial charge is 0.254 e. The van der Waals surface area contributed by atoms with Gasteiger partial charge in [-0.2, -0.15) is 5.10 Å². The van der Waals surface area contributed by atoms with Crippen molar-refractivity contribution in [1.82, 2.24) is 19.7 Å². The average Bonchev–Trinajstić information content (AvgIpc) is 3.68. The molecule has 0 unspecified atom stereocenters. The summed E-state index contributed by atoms with van der Waals surface area (Å²) in [7, 11) is 0. The van der Waals surface area contributed by atoms with Crippen molar-refractivity contribution in [3.63, 3.8) is 0 Å². The molecule has 34 heavy (non-hydrogen) atoms. The van der Waals surface area contributed by atoms with Crippen molar-refractivity contribution in [3.8, 4) is 5.69 Å². The zero-order valence-corrected chi connectivity index (χ0v) is 19.7. The molecule has 6 rings (SSSR count). The van der Waals surface area contributed by atoms with Crippen LogP contribution in [0, 0.1) is 12.8 Å². The molecule has 172 valence electrons. The van der Waals surface area contributed by atoms with E-state index in [1.54, 1.807) is 0 Å². The van der Waals surface area contributed by atoms with Crippen LogP contribution in [-0.2, 0) is 6.42 Å². The van der Waals surface area contributed by atoms with Crippen LogP contribution >= 0.6 is 0 Å². The zero-order valence-electron chi connectivity index (χ0n) is 19.7. The number of para-hydroxylation sites is 1. The van der Waals surface area contributed by atoms with E-state index in [0.29, 0.717) is 11.8 Å². The van der Waals surface area contributed by atoms with Crippen molar-refractivity contribution in [3.05, 3.63) is 89.2 Å². The molecule has 1 amide bonds. The molecular weight excluding hydrogens is 420 g/mol. The van der Waals surface area contributed by atoms with Crippen molar-refractivity contribution in [2.24, 2.45) is 5.92 Å². The van der Waals surface area contributed by atoms with Crippen molar-refractivity contribution < 1.29 is 4.79 Å². The Morgan fingerprint density at radius 2 is 1.62 bits per heavy atom. The van der Waals surface area contributed by atoms with Gasteiger partial charge in [-0.15, -0.1) is 0 Å². The van der Waals surface area contributed by atoms with Gasteiger partial charge < -0.3 is 4.90 Å². The molecule has 0 radical (unpaired) electrons. The standard InChI is InChI=1S/C29H30N4O/c1-20-27-25(29(34)32-16-14-22(15-17-32)18-21-8-4-2-5-9-21)19-26(23-12-13-23)30-28(27)33(31-20)24-10-6-3-7-11-24/h2-11,19,22-23H,12-18H2,1H3. The molecule has 1 aliphatic carbocycles. The third-order valence-electron chi connectivity index (χ3n) is 7.33. The highest BCUT2D eigenvalue weighted by atomic mass is 16.2. The minimum absolute atomic E-state index is 0.128. The molecule has 2 fully saturated rings. The molecule has 2 aromatic carbocycles. The van der Waals surface area contributed by atoms with E-state index < -0.39 is 0 Å². The second-order valence-corrected chi connectivity index (χ2v) is 9.83. The summed E-state index contributed by atoms with van der Waals surface area (Å²) in [6.45, 7) is 3.61. The van der Waals surface area contributed by atoms with E-state index in [-0.39, 0.29) is 5.91 Å². The van der Waals surface area contributed by atoms with Gasteiger partial charge in [-0.05, 0) is 68.7 Å². The van der Waals surface area contributed by atoms with Crippen LogP contribution in [0.1, 0.15) is 58.9 Å². The normalized spacial score (nSPS) is 16.8.